The van der Waals surface area contributed by atoms with E-state index in [9.17, 15) is 0 Å². The maximum absolute atomic E-state index is 8.89. The van der Waals surface area contributed by atoms with Crippen LogP contribution in [0.1, 0.15) is 19.3 Å². The van der Waals surface area contributed by atoms with Crippen molar-refractivity contribution in [3.05, 3.63) is 0 Å². The second-order valence-electron chi connectivity index (χ2n) is 4.27. The maximum atomic E-state index is 8.89. The molecule has 2 aliphatic rings. The van der Waals surface area contributed by atoms with Gasteiger partial charge in [-0.05, 0) is 10.1 Å². The van der Waals surface area contributed by atoms with E-state index in [1.165, 1.54) is 0 Å². The molecule has 2 atom stereocenters. The van der Waals surface area contributed by atoms with Crippen LogP contribution in [0.2, 0.25) is 0 Å². The summed E-state index contributed by atoms with van der Waals surface area (Å²) in [6.07, 6.45) is -0.456. The molecule has 0 aromatic rings. The van der Waals surface area contributed by atoms with Crippen molar-refractivity contribution in [3.63, 3.8) is 0 Å². The molecule has 1 aliphatic carbocycles. The molecule has 1 saturated heterocycles. The molecule has 1 spiro atoms. The van der Waals surface area contributed by atoms with E-state index in [0.717, 1.165) is 0 Å². The van der Waals surface area contributed by atoms with Gasteiger partial charge in [-0.2, -0.15) is 4.89 Å². The molecule has 4 N–H and O–H groups in total. The van der Waals surface area contributed by atoms with Gasteiger partial charge in [0.2, 0.25) is 0 Å². The van der Waals surface area contributed by atoms with Gasteiger partial charge in [0.15, 0.2) is 0 Å². The average Bonchev–Trinajstić information content (AvgIpc) is 2.26. The van der Waals surface area contributed by atoms with Crippen molar-refractivity contribution in [1.82, 2.24) is 0 Å². The molecule has 1 aliphatic heterocycles. The first kappa shape index (κ1) is 15.8. The molecule has 10 nitrogen and oxygen atoms in total. The van der Waals surface area contributed by atoms with Crippen LogP contribution in [-0.4, -0.2) is 44.0 Å². The summed E-state index contributed by atoms with van der Waals surface area (Å²) in [5, 5.41) is 8.43. The van der Waals surface area contributed by atoms with Crippen molar-refractivity contribution in [2.24, 2.45) is 0 Å². The van der Waals surface area contributed by atoms with Gasteiger partial charge in [-0.1, -0.05) is 0 Å². The Hall–Kier alpha value is 0.460. The van der Waals surface area contributed by atoms with Crippen molar-refractivity contribution in [3.8, 4) is 0 Å². The van der Waals surface area contributed by atoms with Crippen LogP contribution in [0.25, 0.3) is 0 Å². The van der Waals surface area contributed by atoms with Crippen LogP contribution < -0.4 is 0 Å². The first-order valence-electron chi connectivity index (χ1n) is 5.32. The van der Waals surface area contributed by atoms with Gasteiger partial charge in [-0.15, -0.1) is 0 Å². The van der Waals surface area contributed by atoms with E-state index in [1.807, 2.05) is 0 Å². The van der Waals surface area contributed by atoms with Gasteiger partial charge in [0.25, 0.3) is 0 Å². The fourth-order valence-electron chi connectivity index (χ4n) is 2.25. The quantitative estimate of drug-likeness (QED) is 0.411. The summed E-state index contributed by atoms with van der Waals surface area (Å²) < 4.78 is 9.88. The van der Waals surface area contributed by atoms with E-state index >= 15 is 0 Å². The Balaban J connectivity index is 2.02. The summed E-state index contributed by atoms with van der Waals surface area (Å²) in [4.78, 5) is 45.3. The lowest BCUT2D eigenvalue weighted by Gasteiger charge is -2.42. The Bertz CT molecular complexity index is 263. The Morgan fingerprint density at radius 2 is 1.53 bits per heavy atom. The van der Waals surface area contributed by atoms with Crippen LogP contribution in [-0.2, 0) is 28.9 Å². The topological polar surface area (TPSA) is 136 Å². The van der Waals surface area contributed by atoms with E-state index in [1.54, 1.807) is 0 Å². The molecule has 0 aromatic carbocycles. The molecule has 1 saturated carbocycles. The van der Waals surface area contributed by atoms with Crippen molar-refractivity contribution in [2.75, 3.05) is 6.61 Å². The van der Waals surface area contributed by atoms with Crippen molar-refractivity contribution in [1.29, 1.82) is 0 Å². The van der Waals surface area contributed by atoms with E-state index < -0.39 is 35.0 Å². The van der Waals surface area contributed by atoms with Gasteiger partial charge >= 0.3 is 17.2 Å². The molecule has 0 bridgehead atoms. The third-order valence-corrected chi connectivity index (χ3v) is 3.79. The number of hydrogen-bond donors (Lipinski definition) is 4. The lowest BCUT2D eigenvalue weighted by molar-refractivity contribution is -0.692. The summed E-state index contributed by atoms with van der Waals surface area (Å²) in [5.74, 6) is 0. The minimum atomic E-state index is -2.54. The van der Waals surface area contributed by atoms with Crippen molar-refractivity contribution in [2.45, 2.75) is 37.1 Å². The highest BCUT2D eigenvalue weighted by Crippen LogP contribution is 2.44. The highest BCUT2D eigenvalue weighted by molar-refractivity contribution is 7.39. The van der Waals surface area contributed by atoms with Gasteiger partial charge in [-0.25, -0.2) is 4.89 Å². The van der Waals surface area contributed by atoms with Crippen LogP contribution in [0.15, 0.2) is 0 Å². The van der Waals surface area contributed by atoms with Gasteiger partial charge < -0.3 is 28.6 Å². The lowest BCUT2D eigenvalue weighted by Crippen LogP contribution is -2.51. The van der Waals surface area contributed by atoms with Gasteiger partial charge in [0.05, 0.1) is 12.2 Å². The SMILES string of the molecule is OP(O)OC1CC(OP(O)O)CC2(COOOO2)C1. The van der Waals surface area contributed by atoms with Gasteiger partial charge in [0.1, 0.15) is 12.2 Å². The van der Waals surface area contributed by atoms with E-state index in [0.29, 0.717) is 0 Å². The Labute approximate surface area is 110 Å². The summed E-state index contributed by atoms with van der Waals surface area (Å²) in [7, 11) is -5.09. The number of rotatable bonds is 4. The molecule has 2 rings (SSSR count). The molecule has 1 heterocycles. The summed E-state index contributed by atoms with van der Waals surface area (Å²) in [5.41, 5.74) is -0.970. The highest BCUT2D eigenvalue weighted by Gasteiger charge is 2.48. The standard InChI is InChI=1S/C7H14O10P2/c8-18(9)13-5-1-6(14-19(10)11)3-7(2-5)4-12-16-17-15-7/h5-6,8-11H,1-4H2. The molecular weight excluding hydrogens is 306 g/mol. The molecule has 0 aromatic heterocycles. The summed E-state index contributed by atoms with van der Waals surface area (Å²) >= 11 is 0. The molecule has 2 fully saturated rings. The van der Waals surface area contributed by atoms with Crippen LogP contribution in [0, 0.1) is 0 Å². The molecule has 0 radical (unpaired) electrons. The van der Waals surface area contributed by atoms with Gasteiger partial charge in [0, 0.05) is 19.3 Å². The van der Waals surface area contributed by atoms with Crippen LogP contribution in [0.4, 0.5) is 0 Å². The second-order valence-corrected chi connectivity index (χ2v) is 5.70. The normalized spacial score (nSPS) is 36.3. The highest BCUT2D eigenvalue weighted by atomic mass is 31.2. The Morgan fingerprint density at radius 1 is 0.947 bits per heavy atom. The summed E-state index contributed by atoms with van der Waals surface area (Å²) in [6, 6.07) is 0. The van der Waals surface area contributed by atoms with E-state index in [-0.39, 0.29) is 25.9 Å². The van der Waals surface area contributed by atoms with Crippen molar-refractivity contribution >= 4 is 17.2 Å². The molecular formula is C7H14O10P2. The van der Waals surface area contributed by atoms with Crippen molar-refractivity contribution < 1.29 is 48.5 Å². The first-order chi connectivity index (χ1) is 8.99. The first-order valence-corrected chi connectivity index (χ1v) is 7.65. The fraction of sp³-hybridized carbons (Fsp3) is 1.00. The predicted octanol–water partition coefficient (Wildman–Crippen LogP) is -0.0725. The molecule has 0 amide bonds. The second kappa shape index (κ2) is 6.95. The van der Waals surface area contributed by atoms with Crippen LogP contribution in [0.5, 0.6) is 0 Å². The predicted molar refractivity (Wildman–Crippen MR) is 58.3 cm³/mol. The molecule has 112 valence electrons. The van der Waals surface area contributed by atoms with E-state index in [4.69, 9.17) is 33.5 Å². The lowest BCUT2D eigenvalue weighted by atomic mass is 9.82. The minimum absolute atomic E-state index is 0.0102. The van der Waals surface area contributed by atoms with Crippen LogP contribution in [0.3, 0.4) is 0 Å². The average molecular weight is 320 g/mol. The molecule has 12 heteroatoms. The largest absolute Gasteiger partial charge is 0.328 e. The third-order valence-electron chi connectivity index (χ3n) is 2.82. The summed E-state index contributed by atoms with van der Waals surface area (Å²) in [6.45, 7) is 0.0102. The Morgan fingerprint density at radius 3 is 1.95 bits per heavy atom. The zero-order valence-corrected chi connectivity index (χ0v) is 11.4. The number of hydrogen-bond acceptors (Lipinski definition) is 10. The Kier molecular flexibility index (Phi) is 5.79. The monoisotopic (exact) mass is 320 g/mol. The van der Waals surface area contributed by atoms with Gasteiger partial charge in [-0.3, -0.25) is 0 Å². The molecule has 2 unspecified atom stereocenters. The minimum Gasteiger partial charge on any atom is -0.328 e. The zero-order chi connectivity index (χ0) is 13.9. The molecule has 19 heavy (non-hydrogen) atoms. The smallest absolute Gasteiger partial charge is 0.327 e. The maximum Gasteiger partial charge on any atom is 0.327 e. The fourth-order valence-corrected chi connectivity index (χ4v) is 3.10. The zero-order valence-electron chi connectivity index (χ0n) is 9.62. The third kappa shape index (κ3) is 4.75. The van der Waals surface area contributed by atoms with E-state index in [2.05, 4.69) is 15.0 Å². The van der Waals surface area contributed by atoms with Crippen LogP contribution >= 0.6 is 17.2 Å².